The van der Waals surface area contributed by atoms with Crippen molar-refractivity contribution in [3.63, 3.8) is 0 Å². The second kappa shape index (κ2) is 8.14. The fourth-order valence-electron chi connectivity index (χ4n) is 1.95. The minimum Gasteiger partial charge on any atom is -0.352 e. The molecule has 7 heteroatoms. The van der Waals surface area contributed by atoms with Gasteiger partial charge in [0.15, 0.2) is 11.6 Å². The molecule has 0 spiro atoms. The molecule has 1 aromatic heterocycles. The lowest BCUT2D eigenvalue weighted by molar-refractivity contribution is 0.0953. The molecule has 0 fully saturated rings. The van der Waals surface area contributed by atoms with Crippen LogP contribution in [-0.2, 0) is 0 Å². The third kappa shape index (κ3) is 4.58. The van der Waals surface area contributed by atoms with Crippen LogP contribution in [0.15, 0.2) is 36.5 Å². The summed E-state index contributed by atoms with van der Waals surface area (Å²) in [5, 5.41) is 5.14. The Hall–Kier alpha value is -2.83. The van der Waals surface area contributed by atoms with Crippen molar-refractivity contribution in [2.24, 2.45) is 0 Å². The van der Waals surface area contributed by atoms with Crippen LogP contribution >= 0.6 is 0 Å². The highest BCUT2D eigenvalue weighted by molar-refractivity contribution is 6.04. The molecule has 2 rings (SSSR count). The van der Waals surface area contributed by atoms with Gasteiger partial charge in [-0.25, -0.2) is 8.78 Å². The molecule has 126 valence electrons. The van der Waals surface area contributed by atoms with Crippen LogP contribution in [-0.4, -0.2) is 23.3 Å². The molecular weight excluding hydrogens is 316 g/mol. The zero-order chi connectivity index (χ0) is 17.5. The molecule has 0 atom stereocenters. The Balaban J connectivity index is 2.08. The van der Waals surface area contributed by atoms with Crippen LogP contribution in [0.1, 0.15) is 40.6 Å². The lowest BCUT2D eigenvalue weighted by Crippen LogP contribution is -2.25. The van der Waals surface area contributed by atoms with Gasteiger partial charge in [0, 0.05) is 30.1 Å². The molecule has 1 aromatic carbocycles. The van der Waals surface area contributed by atoms with E-state index in [1.807, 2.05) is 6.92 Å². The Bertz CT molecular complexity index is 750. The predicted octanol–water partition coefficient (Wildman–Crippen LogP) is 3.14. The highest BCUT2D eigenvalue weighted by Gasteiger charge is 2.13. The third-order valence-corrected chi connectivity index (χ3v) is 3.25. The zero-order valence-electron chi connectivity index (χ0n) is 13.1. The smallest absolute Gasteiger partial charge is 0.274 e. The van der Waals surface area contributed by atoms with Gasteiger partial charge in [0.25, 0.3) is 11.8 Å². The molecule has 0 aliphatic carbocycles. The minimum absolute atomic E-state index is 0.00266. The van der Waals surface area contributed by atoms with Crippen LogP contribution in [0.5, 0.6) is 0 Å². The van der Waals surface area contributed by atoms with Gasteiger partial charge in [-0.2, -0.15) is 0 Å². The third-order valence-electron chi connectivity index (χ3n) is 3.25. The van der Waals surface area contributed by atoms with Gasteiger partial charge in [-0.3, -0.25) is 14.6 Å². The molecule has 0 aliphatic rings. The number of halogens is 2. The molecule has 0 saturated heterocycles. The number of hydrogen-bond donors (Lipinski definition) is 2. The van der Waals surface area contributed by atoms with Crippen molar-refractivity contribution in [2.75, 3.05) is 11.9 Å². The monoisotopic (exact) mass is 333 g/mol. The second-order valence-corrected chi connectivity index (χ2v) is 5.12. The summed E-state index contributed by atoms with van der Waals surface area (Å²) in [5.74, 6) is -2.99. The summed E-state index contributed by atoms with van der Waals surface area (Å²) in [6, 6.07) is 5.86. The summed E-state index contributed by atoms with van der Waals surface area (Å²) in [6.07, 6.45) is 3.16. The van der Waals surface area contributed by atoms with E-state index in [-0.39, 0.29) is 17.3 Å². The fraction of sp³-hybridized carbons (Fsp3) is 0.235. The first kappa shape index (κ1) is 17.5. The van der Waals surface area contributed by atoms with E-state index in [1.165, 1.54) is 24.4 Å². The number of rotatable bonds is 6. The van der Waals surface area contributed by atoms with E-state index in [1.54, 1.807) is 0 Å². The second-order valence-electron chi connectivity index (χ2n) is 5.12. The summed E-state index contributed by atoms with van der Waals surface area (Å²) in [5.41, 5.74) is 0.401. The number of amides is 2. The topological polar surface area (TPSA) is 71.1 Å². The molecule has 0 aliphatic heterocycles. The Morgan fingerprint density at radius 3 is 2.58 bits per heavy atom. The van der Waals surface area contributed by atoms with E-state index in [0.29, 0.717) is 12.1 Å². The Labute approximate surface area is 138 Å². The maximum atomic E-state index is 13.2. The number of nitrogens with zero attached hydrogens (tertiary/aromatic N) is 1. The number of aromatic nitrogens is 1. The predicted molar refractivity (Wildman–Crippen MR) is 85.8 cm³/mol. The van der Waals surface area contributed by atoms with E-state index in [2.05, 4.69) is 15.6 Å². The van der Waals surface area contributed by atoms with Crippen molar-refractivity contribution < 1.29 is 18.4 Å². The molecule has 2 aromatic rings. The number of pyridine rings is 1. The standard InChI is InChI=1S/C17H17F2N3O2/c1-2-3-7-21-16(23)11-6-8-20-15(9-11)17(24)22-12-4-5-13(18)14(19)10-12/h4-6,8-10H,2-3,7H2,1H3,(H,21,23)(H,22,24). The number of nitrogens with one attached hydrogen (secondary N) is 2. The molecular formula is C17H17F2N3O2. The zero-order valence-corrected chi connectivity index (χ0v) is 13.1. The number of anilines is 1. The molecule has 0 bridgehead atoms. The number of benzene rings is 1. The Morgan fingerprint density at radius 1 is 1.08 bits per heavy atom. The van der Waals surface area contributed by atoms with Gasteiger partial charge in [-0.1, -0.05) is 13.3 Å². The van der Waals surface area contributed by atoms with E-state index in [9.17, 15) is 18.4 Å². The number of hydrogen-bond acceptors (Lipinski definition) is 3. The summed E-state index contributed by atoms with van der Waals surface area (Å²) >= 11 is 0. The van der Waals surface area contributed by atoms with Crippen molar-refractivity contribution >= 4 is 17.5 Å². The molecule has 2 amide bonds. The fourth-order valence-corrected chi connectivity index (χ4v) is 1.95. The summed E-state index contributed by atoms with van der Waals surface area (Å²) in [6.45, 7) is 2.56. The van der Waals surface area contributed by atoms with Crippen molar-refractivity contribution in [2.45, 2.75) is 19.8 Å². The molecule has 0 saturated carbocycles. The Morgan fingerprint density at radius 2 is 1.88 bits per heavy atom. The molecule has 0 radical (unpaired) electrons. The number of unbranched alkanes of at least 4 members (excludes halogenated alkanes) is 1. The maximum absolute atomic E-state index is 13.2. The van der Waals surface area contributed by atoms with Crippen molar-refractivity contribution in [3.05, 3.63) is 59.4 Å². The summed E-state index contributed by atoms with van der Waals surface area (Å²) in [4.78, 5) is 28.0. The first-order valence-corrected chi connectivity index (χ1v) is 7.52. The molecule has 24 heavy (non-hydrogen) atoms. The molecule has 0 unspecified atom stereocenters. The number of carbonyl (C=O) groups is 2. The SMILES string of the molecule is CCCCNC(=O)c1ccnc(C(=O)Nc2ccc(F)c(F)c2)c1. The van der Waals surface area contributed by atoms with Gasteiger partial charge in [0.2, 0.25) is 0 Å². The van der Waals surface area contributed by atoms with E-state index < -0.39 is 17.5 Å². The first-order chi connectivity index (χ1) is 11.5. The van der Waals surface area contributed by atoms with Gasteiger partial charge >= 0.3 is 0 Å². The van der Waals surface area contributed by atoms with Crippen molar-refractivity contribution in [3.8, 4) is 0 Å². The van der Waals surface area contributed by atoms with Crippen LogP contribution in [0.25, 0.3) is 0 Å². The summed E-state index contributed by atoms with van der Waals surface area (Å²) in [7, 11) is 0. The quantitative estimate of drug-likeness (QED) is 0.798. The average Bonchev–Trinajstić information content (AvgIpc) is 2.58. The van der Waals surface area contributed by atoms with E-state index >= 15 is 0 Å². The van der Waals surface area contributed by atoms with Crippen LogP contribution in [0, 0.1) is 11.6 Å². The van der Waals surface area contributed by atoms with Gasteiger partial charge < -0.3 is 10.6 Å². The lowest BCUT2D eigenvalue weighted by Gasteiger charge is -2.07. The van der Waals surface area contributed by atoms with Crippen LogP contribution in [0.3, 0.4) is 0 Å². The summed E-state index contributed by atoms with van der Waals surface area (Å²) < 4.78 is 26.0. The molecule has 1 heterocycles. The molecule has 5 nitrogen and oxygen atoms in total. The van der Waals surface area contributed by atoms with E-state index in [0.717, 1.165) is 25.0 Å². The highest BCUT2D eigenvalue weighted by Crippen LogP contribution is 2.14. The van der Waals surface area contributed by atoms with Crippen LogP contribution in [0.4, 0.5) is 14.5 Å². The van der Waals surface area contributed by atoms with E-state index in [4.69, 9.17) is 0 Å². The van der Waals surface area contributed by atoms with Gasteiger partial charge in [0.1, 0.15) is 5.69 Å². The number of carbonyl (C=O) groups excluding carboxylic acids is 2. The van der Waals surface area contributed by atoms with Crippen molar-refractivity contribution in [1.82, 2.24) is 10.3 Å². The lowest BCUT2D eigenvalue weighted by atomic mass is 10.2. The van der Waals surface area contributed by atoms with Gasteiger partial charge in [-0.15, -0.1) is 0 Å². The minimum atomic E-state index is -1.06. The maximum Gasteiger partial charge on any atom is 0.274 e. The van der Waals surface area contributed by atoms with Crippen LogP contribution in [0.2, 0.25) is 0 Å². The normalized spacial score (nSPS) is 10.3. The Kier molecular flexibility index (Phi) is 5.95. The average molecular weight is 333 g/mol. The van der Waals surface area contributed by atoms with Crippen LogP contribution < -0.4 is 10.6 Å². The van der Waals surface area contributed by atoms with Gasteiger partial charge in [-0.05, 0) is 30.7 Å². The van der Waals surface area contributed by atoms with Crippen molar-refractivity contribution in [1.29, 1.82) is 0 Å². The van der Waals surface area contributed by atoms with Gasteiger partial charge in [0.05, 0.1) is 0 Å². The largest absolute Gasteiger partial charge is 0.352 e. The first-order valence-electron chi connectivity index (χ1n) is 7.52. The highest BCUT2D eigenvalue weighted by atomic mass is 19.2. The molecule has 2 N–H and O–H groups in total.